The van der Waals surface area contributed by atoms with Crippen molar-refractivity contribution in [2.24, 2.45) is 0 Å². The Labute approximate surface area is 178 Å². The second-order valence-corrected chi connectivity index (χ2v) is 9.18. The third-order valence-corrected chi connectivity index (χ3v) is 5.26. The van der Waals surface area contributed by atoms with Crippen LogP contribution in [0.2, 0.25) is 0 Å². The minimum atomic E-state index is -0.342. The zero-order chi connectivity index (χ0) is 21.3. The van der Waals surface area contributed by atoms with E-state index in [1.165, 1.54) is 0 Å². The lowest BCUT2D eigenvalue weighted by Crippen LogP contribution is -2.55. The average Bonchev–Trinajstić information content (AvgIpc) is 2.62. The summed E-state index contributed by atoms with van der Waals surface area (Å²) in [6, 6.07) is 1.66. The van der Waals surface area contributed by atoms with Gasteiger partial charge < -0.3 is 25.0 Å². The number of pyridine rings is 1. The number of ether oxygens (including phenoxy) is 1. The largest absolute Gasteiger partial charge is 0.442 e. The van der Waals surface area contributed by atoms with E-state index in [1.807, 2.05) is 38.7 Å². The van der Waals surface area contributed by atoms with E-state index in [1.54, 1.807) is 18.1 Å². The lowest BCUT2D eigenvalue weighted by Gasteiger charge is -2.41. The number of carbonyl (C=O) groups is 1. The van der Waals surface area contributed by atoms with Crippen LogP contribution in [-0.2, 0) is 4.74 Å². The Morgan fingerprint density at radius 3 is 2.76 bits per heavy atom. The molecule has 1 saturated heterocycles. The molecular weight excluding hydrogens is 440 g/mol. The number of halogens is 1. The van der Waals surface area contributed by atoms with Gasteiger partial charge in [-0.3, -0.25) is 0 Å². The molecule has 0 radical (unpaired) electrons. The van der Waals surface area contributed by atoms with Crippen molar-refractivity contribution in [2.45, 2.75) is 45.4 Å². The number of amides is 1. The highest BCUT2D eigenvalue weighted by Crippen LogP contribution is 2.30. The first-order valence-electron chi connectivity index (χ1n) is 9.48. The molecule has 0 saturated carbocycles. The van der Waals surface area contributed by atoms with Crippen LogP contribution in [0, 0.1) is 0 Å². The Balaban J connectivity index is 1.76. The molecule has 3 heterocycles. The van der Waals surface area contributed by atoms with Crippen molar-refractivity contribution >= 4 is 44.8 Å². The average molecular weight is 467 g/mol. The van der Waals surface area contributed by atoms with Gasteiger partial charge in [0.25, 0.3) is 0 Å². The Kier molecular flexibility index (Phi) is 6.13. The summed E-state index contributed by atoms with van der Waals surface area (Å²) in [5, 5.41) is 12.6. The number of aliphatic hydroxyl groups excluding tert-OH is 1. The molecule has 2 aromatic heterocycles. The normalized spacial score (nSPS) is 15.8. The monoisotopic (exact) mass is 466 g/mol. The lowest BCUT2D eigenvalue weighted by atomic mass is 10.1. The first-order chi connectivity index (χ1) is 13.6. The molecule has 1 atom stereocenters. The second-order valence-electron chi connectivity index (χ2n) is 8.26. The molecule has 1 fully saturated rings. The molecule has 0 aromatic carbocycles. The minimum absolute atomic E-state index is 0.0325. The number of aromatic nitrogens is 3. The third kappa shape index (κ3) is 4.87. The van der Waals surface area contributed by atoms with E-state index in [-0.39, 0.29) is 30.4 Å². The molecule has 0 unspecified atom stereocenters. The molecule has 0 bridgehead atoms. The minimum Gasteiger partial charge on any atom is -0.442 e. The molecule has 2 N–H and O–H groups in total. The van der Waals surface area contributed by atoms with Gasteiger partial charge in [-0.25, -0.2) is 19.7 Å². The van der Waals surface area contributed by atoms with Crippen LogP contribution in [0.4, 0.5) is 16.4 Å². The highest BCUT2D eigenvalue weighted by Gasteiger charge is 2.35. The highest BCUT2D eigenvalue weighted by atomic mass is 79.9. The fraction of sp³-hybridized carbons (Fsp3) is 0.579. The predicted octanol–water partition coefficient (Wildman–Crippen LogP) is 2.64. The van der Waals surface area contributed by atoms with Crippen LogP contribution >= 0.6 is 15.9 Å². The molecule has 158 valence electrons. The summed E-state index contributed by atoms with van der Waals surface area (Å²) < 4.78 is 6.40. The van der Waals surface area contributed by atoms with Crippen LogP contribution in [-0.4, -0.2) is 75.5 Å². The number of hydrogen-bond donors (Lipinski definition) is 2. The first kappa shape index (κ1) is 21.5. The van der Waals surface area contributed by atoms with E-state index in [2.05, 4.69) is 36.2 Å². The van der Waals surface area contributed by atoms with Crippen LogP contribution in [0.25, 0.3) is 11.2 Å². The van der Waals surface area contributed by atoms with Gasteiger partial charge in [-0.1, -0.05) is 0 Å². The van der Waals surface area contributed by atoms with E-state index in [4.69, 9.17) is 4.74 Å². The van der Waals surface area contributed by atoms with Crippen LogP contribution in [0.1, 0.15) is 27.7 Å². The Hall–Kier alpha value is -2.20. The van der Waals surface area contributed by atoms with Crippen LogP contribution in [0.3, 0.4) is 0 Å². The van der Waals surface area contributed by atoms with Gasteiger partial charge in [0.05, 0.1) is 19.7 Å². The number of anilines is 2. The van der Waals surface area contributed by atoms with Gasteiger partial charge in [-0.15, -0.1) is 0 Å². The molecule has 29 heavy (non-hydrogen) atoms. The molecule has 1 amide bonds. The van der Waals surface area contributed by atoms with E-state index in [9.17, 15) is 9.90 Å². The summed E-state index contributed by atoms with van der Waals surface area (Å²) in [7, 11) is 1.73. The molecule has 1 aliphatic heterocycles. The van der Waals surface area contributed by atoms with Crippen molar-refractivity contribution in [3.8, 4) is 0 Å². The van der Waals surface area contributed by atoms with Crippen molar-refractivity contribution in [1.82, 2.24) is 19.9 Å². The maximum Gasteiger partial charge on any atom is 0.410 e. The molecule has 0 aliphatic carbocycles. The van der Waals surface area contributed by atoms with Crippen LogP contribution in [0.5, 0.6) is 0 Å². The molecule has 0 spiro atoms. The molecule has 2 aromatic rings. The third-order valence-electron chi connectivity index (χ3n) is 4.82. The van der Waals surface area contributed by atoms with E-state index in [0.29, 0.717) is 35.9 Å². The first-order valence-corrected chi connectivity index (χ1v) is 10.3. The lowest BCUT2D eigenvalue weighted by molar-refractivity contribution is 0.0365. The molecule has 10 heteroatoms. The van der Waals surface area contributed by atoms with Crippen molar-refractivity contribution < 1.29 is 14.6 Å². The maximum absolute atomic E-state index is 12.3. The topological polar surface area (TPSA) is 104 Å². The maximum atomic E-state index is 12.3. The molecule has 1 aliphatic rings. The summed E-state index contributed by atoms with van der Waals surface area (Å²) in [5.74, 6) is 1.19. The van der Waals surface area contributed by atoms with Gasteiger partial charge in [-0.2, -0.15) is 0 Å². The zero-order valence-electron chi connectivity index (χ0n) is 17.3. The summed E-state index contributed by atoms with van der Waals surface area (Å²) >= 11 is 3.40. The number of fused-ring (bicyclic) bond motifs is 1. The van der Waals surface area contributed by atoms with Crippen molar-refractivity contribution in [2.75, 3.05) is 37.0 Å². The summed E-state index contributed by atoms with van der Waals surface area (Å²) in [4.78, 5) is 29.5. The van der Waals surface area contributed by atoms with Crippen molar-refractivity contribution in [3.05, 3.63) is 16.7 Å². The number of rotatable bonds is 5. The van der Waals surface area contributed by atoms with Crippen molar-refractivity contribution in [3.63, 3.8) is 0 Å². The smallest absolute Gasteiger partial charge is 0.410 e. The zero-order valence-corrected chi connectivity index (χ0v) is 18.9. The summed E-state index contributed by atoms with van der Waals surface area (Å²) in [6.07, 6.45) is 1.11. The number of carbonyl (C=O) groups excluding carboxylic acids is 1. The fourth-order valence-corrected chi connectivity index (χ4v) is 3.01. The number of hydrogen-bond acceptors (Lipinski definition) is 8. The molecular formula is C19H27BrN6O3. The summed E-state index contributed by atoms with van der Waals surface area (Å²) in [6.45, 7) is 8.73. The van der Waals surface area contributed by atoms with Gasteiger partial charge >= 0.3 is 6.09 Å². The predicted molar refractivity (Wildman–Crippen MR) is 115 cm³/mol. The van der Waals surface area contributed by atoms with E-state index < -0.39 is 0 Å². The second kappa shape index (κ2) is 8.27. The van der Waals surface area contributed by atoms with Crippen LogP contribution < -0.4 is 10.2 Å². The Morgan fingerprint density at radius 2 is 2.14 bits per heavy atom. The molecule has 3 rings (SSSR count). The Morgan fingerprint density at radius 1 is 1.45 bits per heavy atom. The van der Waals surface area contributed by atoms with Gasteiger partial charge in [0, 0.05) is 29.3 Å². The van der Waals surface area contributed by atoms with Gasteiger partial charge in [-0.05, 0) is 49.7 Å². The van der Waals surface area contributed by atoms with Crippen molar-refractivity contribution in [1.29, 1.82) is 0 Å². The molecule has 9 nitrogen and oxygen atoms in total. The number of aliphatic hydroxyl groups is 1. The summed E-state index contributed by atoms with van der Waals surface area (Å²) in [5.41, 5.74) is 0.867. The van der Waals surface area contributed by atoms with Gasteiger partial charge in [0.15, 0.2) is 17.3 Å². The SMILES string of the molecule is C[C@H](CO)Nc1nc2cc(Br)cnc2nc1N1CC(OC(=O)N(C)C(C)(C)C)C1. The standard InChI is InChI=1S/C19H27BrN6O3/c1-11(10-27)22-16-17(24-15-14(23-16)6-12(20)7-21-15)26-8-13(9-26)29-18(28)25(5)19(2,3)4/h6-7,11,13,27H,8-10H2,1-5H3,(H,22,23)/t11-/m1/s1. The van der Waals surface area contributed by atoms with E-state index >= 15 is 0 Å². The van der Waals surface area contributed by atoms with Gasteiger partial charge in [0.2, 0.25) is 0 Å². The van der Waals surface area contributed by atoms with Gasteiger partial charge in [0.1, 0.15) is 11.6 Å². The quantitative estimate of drug-likeness (QED) is 0.692. The Bertz CT molecular complexity index is 897. The number of nitrogens with zero attached hydrogens (tertiary/aromatic N) is 5. The van der Waals surface area contributed by atoms with Crippen LogP contribution in [0.15, 0.2) is 16.7 Å². The number of nitrogens with one attached hydrogen (secondary N) is 1. The highest BCUT2D eigenvalue weighted by molar-refractivity contribution is 9.10. The fourth-order valence-electron chi connectivity index (χ4n) is 2.69. The van der Waals surface area contributed by atoms with E-state index in [0.717, 1.165) is 4.47 Å².